The van der Waals surface area contributed by atoms with Crippen LogP contribution in [-0.2, 0) is 11.4 Å². The first-order chi connectivity index (χ1) is 16.9. The summed E-state index contributed by atoms with van der Waals surface area (Å²) in [5, 5.41) is 4.59. The molecule has 7 nitrogen and oxygen atoms in total. The molecule has 4 aromatic rings. The van der Waals surface area contributed by atoms with Crippen molar-refractivity contribution in [2.75, 3.05) is 0 Å². The van der Waals surface area contributed by atoms with E-state index in [1.165, 1.54) is 5.56 Å². The Balaban J connectivity index is 1.45. The molecule has 1 aliphatic heterocycles. The molecule has 2 aromatic carbocycles. The van der Waals surface area contributed by atoms with Crippen LogP contribution in [-0.4, -0.2) is 25.4 Å². The van der Waals surface area contributed by atoms with Gasteiger partial charge in [-0.15, -0.1) is 5.10 Å². The van der Waals surface area contributed by atoms with E-state index < -0.39 is 0 Å². The number of ketones is 1. The summed E-state index contributed by atoms with van der Waals surface area (Å²) < 4.78 is 13.8. The number of nitrogens with zero attached hydrogens (tertiary/aromatic N) is 4. The third-order valence-electron chi connectivity index (χ3n) is 6.63. The zero-order valence-electron chi connectivity index (χ0n) is 20.0. The van der Waals surface area contributed by atoms with Gasteiger partial charge in [-0.3, -0.25) is 4.79 Å². The Bertz CT molecular complexity index is 1470. The number of ether oxygens (including phenoxy) is 2. The van der Waals surface area contributed by atoms with Gasteiger partial charge in [0.1, 0.15) is 24.4 Å². The van der Waals surface area contributed by atoms with Gasteiger partial charge in [0, 0.05) is 24.3 Å². The lowest BCUT2D eigenvalue weighted by atomic mass is 9.70. The molecule has 0 radical (unpaired) electrons. The van der Waals surface area contributed by atoms with Gasteiger partial charge in [-0.1, -0.05) is 61.9 Å². The number of aromatic nitrogens is 4. The number of carbonyl (C=O) groups is 1. The normalized spacial score (nSPS) is 18.7. The maximum absolute atomic E-state index is 13.4. The lowest BCUT2D eigenvalue weighted by molar-refractivity contribution is -0.118. The van der Waals surface area contributed by atoms with E-state index in [1.807, 2.05) is 61.5 Å². The first kappa shape index (κ1) is 21.5. The fraction of sp³-hybridized carbons (Fsp3) is 0.286. The topological polar surface area (TPSA) is 78.6 Å². The maximum Gasteiger partial charge on any atom is 0.228 e. The van der Waals surface area contributed by atoms with Gasteiger partial charge in [0.2, 0.25) is 5.88 Å². The van der Waals surface area contributed by atoms with Gasteiger partial charge in [-0.05, 0) is 30.0 Å². The Morgan fingerprint density at radius 1 is 1.09 bits per heavy atom. The molecule has 2 aromatic heterocycles. The monoisotopic (exact) mass is 466 g/mol. The van der Waals surface area contributed by atoms with Crippen molar-refractivity contribution < 1.29 is 14.3 Å². The highest BCUT2D eigenvalue weighted by Crippen LogP contribution is 2.50. The molecular weight excluding hydrogens is 440 g/mol. The van der Waals surface area contributed by atoms with Crippen molar-refractivity contribution in [3.8, 4) is 11.6 Å². The second-order valence-corrected chi connectivity index (χ2v) is 10.1. The van der Waals surface area contributed by atoms with E-state index in [-0.39, 0.29) is 23.7 Å². The van der Waals surface area contributed by atoms with Crippen LogP contribution >= 0.6 is 0 Å². The molecule has 2 aliphatic rings. The van der Waals surface area contributed by atoms with Crippen LogP contribution in [0.4, 0.5) is 0 Å². The highest BCUT2D eigenvalue weighted by molar-refractivity contribution is 6.00. The molecule has 0 N–H and O–H groups in total. The Morgan fingerprint density at radius 2 is 1.86 bits per heavy atom. The number of carbonyl (C=O) groups excluding carboxylic acids is 1. The molecule has 7 heteroatoms. The van der Waals surface area contributed by atoms with Crippen LogP contribution < -0.4 is 9.47 Å². The smallest absolute Gasteiger partial charge is 0.228 e. The minimum absolute atomic E-state index is 0.111. The third kappa shape index (κ3) is 3.87. The van der Waals surface area contributed by atoms with E-state index in [0.29, 0.717) is 41.5 Å². The summed E-state index contributed by atoms with van der Waals surface area (Å²) in [5.74, 6) is 2.28. The lowest BCUT2D eigenvalue weighted by Gasteiger charge is -2.37. The molecule has 0 unspecified atom stereocenters. The average Bonchev–Trinajstić information content (AvgIpc) is 3.25. The number of hydrogen-bond donors (Lipinski definition) is 0. The fourth-order valence-corrected chi connectivity index (χ4v) is 5.01. The van der Waals surface area contributed by atoms with Crippen LogP contribution in [0.3, 0.4) is 0 Å². The van der Waals surface area contributed by atoms with Crippen molar-refractivity contribution in [2.45, 2.75) is 46.1 Å². The number of hydrogen-bond acceptors (Lipinski definition) is 6. The Labute approximate surface area is 203 Å². The van der Waals surface area contributed by atoms with E-state index in [9.17, 15) is 4.79 Å². The van der Waals surface area contributed by atoms with E-state index in [0.717, 1.165) is 16.9 Å². The molecule has 1 aliphatic carbocycles. The van der Waals surface area contributed by atoms with Crippen molar-refractivity contribution in [1.82, 2.24) is 19.6 Å². The minimum Gasteiger partial charge on any atom is -0.486 e. The van der Waals surface area contributed by atoms with E-state index in [2.05, 4.69) is 23.9 Å². The SMILES string of the molecule is Cc1ccc(OCc2nc3c4c(ncn3n2)OC2=C(C(=O)CC(C)(C)C2)[C@H]4c2ccccc2)cc1. The Hall–Kier alpha value is -4.00. The third-order valence-corrected chi connectivity index (χ3v) is 6.63. The Morgan fingerprint density at radius 3 is 2.63 bits per heavy atom. The van der Waals surface area contributed by atoms with Crippen LogP contribution in [0.5, 0.6) is 11.6 Å². The first-order valence-corrected chi connectivity index (χ1v) is 11.8. The minimum atomic E-state index is -0.315. The number of benzene rings is 2. The van der Waals surface area contributed by atoms with Crippen molar-refractivity contribution in [2.24, 2.45) is 5.41 Å². The summed E-state index contributed by atoms with van der Waals surface area (Å²) >= 11 is 0. The molecule has 0 saturated carbocycles. The molecule has 35 heavy (non-hydrogen) atoms. The first-order valence-electron chi connectivity index (χ1n) is 11.8. The molecule has 0 amide bonds. The number of aryl methyl sites for hydroxylation is 1. The van der Waals surface area contributed by atoms with Crippen LogP contribution in [0.1, 0.15) is 55.1 Å². The van der Waals surface area contributed by atoms with Crippen LogP contribution in [0.25, 0.3) is 5.65 Å². The predicted octanol–water partition coefficient (Wildman–Crippen LogP) is 5.18. The number of fused-ring (bicyclic) bond motifs is 3. The molecule has 3 heterocycles. The van der Waals surface area contributed by atoms with Gasteiger partial charge in [0.15, 0.2) is 17.3 Å². The molecule has 0 fully saturated rings. The second-order valence-electron chi connectivity index (χ2n) is 10.1. The van der Waals surface area contributed by atoms with Crippen molar-refractivity contribution in [1.29, 1.82) is 0 Å². The van der Waals surface area contributed by atoms with Gasteiger partial charge in [-0.25, -0.2) is 14.5 Å². The average molecular weight is 467 g/mol. The summed E-state index contributed by atoms with van der Waals surface area (Å²) in [6.07, 6.45) is 2.78. The van der Waals surface area contributed by atoms with Crippen LogP contribution in [0, 0.1) is 12.3 Å². The molecule has 6 rings (SSSR count). The van der Waals surface area contributed by atoms with Gasteiger partial charge < -0.3 is 9.47 Å². The van der Waals surface area contributed by atoms with E-state index in [4.69, 9.17) is 14.5 Å². The number of allylic oxidation sites excluding steroid dienone is 2. The predicted molar refractivity (Wildman–Crippen MR) is 130 cm³/mol. The zero-order valence-corrected chi connectivity index (χ0v) is 20.0. The quantitative estimate of drug-likeness (QED) is 0.412. The molecule has 0 spiro atoms. The molecule has 0 saturated heterocycles. The fourth-order valence-electron chi connectivity index (χ4n) is 5.01. The Kier molecular flexibility index (Phi) is 4.95. The van der Waals surface area contributed by atoms with Crippen LogP contribution in [0.2, 0.25) is 0 Å². The van der Waals surface area contributed by atoms with Crippen molar-refractivity contribution in [3.63, 3.8) is 0 Å². The molecule has 176 valence electrons. The van der Waals surface area contributed by atoms with Gasteiger partial charge in [0.25, 0.3) is 0 Å². The highest BCUT2D eigenvalue weighted by Gasteiger charge is 2.43. The van der Waals surface area contributed by atoms with Crippen molar-refractivity contribution >= 4 is 11.4 Å². The van der Waals surface area contributed by atoms with E-state index in [1.54, 1.807) is 10.8 Å². The van der Waals surface area contributed by atoms with Gasteiger partial charge in [0.05, 0.1) is 5.56 Å². The standard InChI is InChI=1S/C28H26N4O3/c1-17-9-11-19(12-10-17)34-15-22-30-26-25-23(18-7-5-4-6-8-18)24-20(33)13-28(2,3)14-21(24)35-27(25)29-16-32(26)31-22/h4-12,16,23H,13-15H2,1-3H3/t23-/m1/s1. The zero-order chi connectivity index (χ0) is 24.2. The van der Waals surface area contributed by atoms with Crippen LogP contribution in [0.15, 0.2) is 72.3 Å². The summed E-state index contributed by atoms with van der Waals surface area (Å²) in [5.41, 5.74) is 4.11. The molecule has 0 bridgehead atoms. The summed E-state index contributed by atoms with van der Waals surface area (Å²) in [4.78, 5) is 22.8. The largest absolute Gasteiger partial charge is 0.486 e. The van der Waals surface area contributed by atoms with Gasteiger partial charge in [-0.2, -0.15) is 0 Å². The highest BCUT2D eigenvalue weighted by atomic mass is 16.5. The molecule has 1 atom stereocenters. The lowest BCUT2D eigenvalue weighted by Crippen LogP contribution is -2.33. The summed E-state index contributed by atoms with van der Waals surface area (Å²) in [7, 11) is 0. The van der Waals surface area contributed by atoms with Crippen molar-refractivity contribution in [3.05, 3.63) is 94.8 Å². The van der Waals surface area contributed by atoms with E-state index >= 15 is 0 Å². The second kappa shape index (κ2) is 8.05. The van der Waals surface area contributed by atoms with Gasteiger partial charge >= 0.3 is 0 Å². The summed E-state index contributed by atoms with van der Waals surface area (Å²) in [6, 6.07) is 17.9. The summed E-state index contributed by atoms with van der Waals surface area (Å²) in [6.45, 7) is 6.45. The number of rotatable bonds is 4. The number of Topliss-reactive ketones (excluding diaryl/α,β-unsaturated/α-hetero) is 1. The maximum atomic E-state index is 13.4. The molecular formula is C28H26N4O3.